The maximum atomic E-state index is 5.69. The number of hydrogen-bond donors (Lipinski definition) is 1. The van der Waals surface area contributed by atoms with Crippen LogP contribution >= 0.6 is 0 Å². The fourth-order valence-electron chi connectivity index (χ4n) is 1.87. The molecule has 4 nitrogen and oxygen atoms in total. The number of nitrogens with one attached hydrogen (secondary N) is 1. The van der Waals surface area contributed by atoms with Crippen molar-refractivity contribution < 1.29 is 4.74 Å². The summed E-state index contributed by atoms with van der Waals surface area (Å²) in [5.74, 6) is 0. The zero-order valence-electron chi connectivity index (χ0n) is 12.5. The molecule has 1 N–H and O–H groups in total. The van der Waals surface area contributed by atoms with Crippen LogP contribution in [0.3, 0.4) is 0 Å². The van der Waals surface area contributed by atoms with Crippen LogP contribution in [-0.2, 0) is 17.9 Å². The lowest BCUT2D eigenvalue weighted by Crippen LogP contribution is -2.27. The third-order valence-corrected chi connectivity index (χ3v) is 3.12. The molecule has 0 unspecified atom stereocenters. The average Bonchev–Trinajstić information content (AvgIpc) is 2.46. The quantitative estimate of drug-likeness (QED) is 0.657. The fraction of sp³-hybridized carbons (Fsp3) is 0.667. The first-order valence-electron chi connectivity index (χ1n) is 7.25. The van der Waals surface area contributed by atoms with Crippen LogP contribution in [0.5, 0.6) is 0 Å². The van der Waals surface area contributed by atoms with Gasteiger partial charge in [-0.2, -0.15) is 0 Å². The van der Waals surface area contributed by atoms with Gasteiger partial charge in [-0.05, 0) is 31.8 Å². The molecule has 0 aliphatic rings. The molecule has 19 heavy (non-hydrogen) atoms. The first-order chi connectivity index (χ1) is 9.30. The van der Waals surface area contributed by atoms with Gasteiger partial charge in [0.25, 0.3) is 0 Å². The molecule has 1 aromatic rings. The van der Waals surface area contributed by atoms with Gasteiger partial charge in [0.2, 0.25) is 0 Å². The van der Waals surface area contributed by atoms with Gasteiger partial charge in [0.15, 0.2) is 0 Å². The lowest BCUT2D eigenvalue weighted by molar-refractivity contribution is 0.0935. The molecule has 0 aromatic carbocycles. The van der Waals surface area contributed by atoms with Crippen LogP contribution in [0.1, 0.15) is 32.2 Å². The van der Waals surface area contributed by atoms with E-state index < -0.39 is 0 Å². The first kappa shape index (κ1) is 16.1. The average molecular weight is 265 g/mol. The second kappa shape index (κ2) is 9.89. The van der Waals surface area contributed by atoms with Gasteiger partial charge in [0, 0.05) is 13.1 Å². The molecule has 1 aromatic heterocycles. The standard InChI is InChI=1S/C15H27N3O/c1-4-16-12-14-8-7-9-15(17-14)13-19-11-10-18(5-2)6-3/h7-9,16H,4-6,10-13H2,1-3H3. The van der Waals surface area contributed by atoms with Gasteiger partial charge in [0.05, 0.1) is 24.6 Å². The molecule has 0 aliphatic carbocycles. The van der Waals surface area contributed by atoms with Crippen molar-refractivity contribution in [1.29, 1.82) is 0 Å². The van der Waals surface area contributed by atoms with Gasteiger partial charge < -0.3 is 15.0 Å². The van der Waals surface area contributed by atoms with Gasteiger partial charge in [-0.15, -0.1) is 0 Å². The topological polar surface area (TPSA) is 37.4 Å². The predicted molar refractivity (Wildman–Crippen MR) is 79.1 cm³/mol. The van der Waals surface area contributed by atoms with E-state index in [1.54, 1.807) is 0 Å². The Kier molecular flexibility index (Phi) is 8.38. The van der Waals surface area contributed by atoms with Crippen LogP contribution in [-0.4, -0.2) is 42.7 Å². The first-order valence-corrected chi connectivity index (χ1v) is 7.25. The minimum Gasteiger partial charge on any atom is -0.374 e. The maximum absolute atomic E-state index is 5.69. The van der Waals surface area contributed by atoms with E-state index in [0.717, 1.165) is 50.7 Å². The van der Waals surface area contributed by atoms with Crippen molar-refractivity contribution in [2.45, 2.75) is 33.9 Å². The monoisotopic (exact) mass is 265 g/mol. The Balaban J connectivity index is 2.28. The molecule has 0 aliphatic heterocycles. The van der Waals surface area contributed by atoms with Crippen molar-refractivity contribution in [3.05, 3.63) is 29.6 Å². The molecule has 0 amide bonds. The van der Waals surface area contributed by atoms with Crippen LogP contribution in [0, 0.1) is 0 Å². The summed E-state index contributed by atoms with van der Waals surface area (Å²) in [6.07, 6.45) is 0. The van der Waals surface area contributed by atoms with Crippen molar-refractivity contribution >= 4 is 0 Å². The number of likely N-dealkylation sites (N-methyl/N-ethyl adjacent to an activating group) is 1. The molecule has 0 fully saturated rings. The van der Waals surface area contributed by atoms with Crippen LogP contribution < -0.4 is 5.32 Å². The highest BCUT2D eigenvalue weighted by Crippen LogP contribution is 2.01. The molecular weight excluding hydrogens is 238 g/mol. The minimum atomic E-state index is 0.598. The Bertz CT molecular complexity index is 340. The number of ether oxygens (including phenoxy) is 1. The summed E-state index contributed by atoms with van der Waals surface area (Å²) in [4.78, 5) is 6.92. The van der Waals surface area contributed by atoms with Gasteiger partial charge in [0.1, 0.15) is 0 Å². The molecule has 108 valence electrons. The molecule has 0 saturated heterocycles. The largest absolute Gasteiger partial charge is 0.374 e. The van der Waals surface area contributed by atoms with Crippen molar-refractivity contribution in [3.63, 3.8) is 0 Å². The Morgan fingerprint density at radius 3 is 2.58 bits per heavy atom. The Morgan fingerprint density at radius 2 is 1.89 bits per heavy atom. The van der Waals surface area contributed by atoms with E-state index in [4.69, 9.17) is 4.74 Å². The third-order valence-electron chi connectivity index (χ3n) is 3.12. The Morgan fingerprint density at radius 1 is 1.16 bits per heavy atom. The predicted octanol–water partition coefficient (Wildman–Crippen LogP) is 2.05. The number of aromatic nitrogens is 1. The summed E-state index contributed by atoms with van der Waals surface area (Å²) in [6, 6.07) is 6.11. The van der Waals surface area contributed by atoms with Gasteiger partial charge >= 0.3 is 0 Å². The summed E-state index contributed by atoms with van der Waals surface area (Å²) in [7, 11) is 0. The zero-order valence-corrected chi connectivity index (χ0v) is 12.5. The van der Waals surface area contributed by atoms with Crippen molar-refractivity contribution in [3.8, 4) is 0 Å². The van der Waals surface area contributed by atoms with E-state index >= 15 is 0 Å². The summed E-state index contributed by atoms with van der Waals surface area (Å²) in [5, 5.41) is 3.28. The van der Waals surface area contributed by atoms with Crippen molar-refractivity contribution in [1.82, 2.24) is 15.2 Å². The Labute approximate surface area is 117 Å². The van der Waals surface area contributed by atoms with Crippen LogP contribution in [0.2, 0.25) is 0 Å². The fourth-order valence-corrected chi connectivity index (χ4v) is 1.87. The van der Waals surface area contributed by atoms with Crippen LogP contribution in [0.25, 0.3) is 0 Å². The molecule has 1 heterocycles. The third kappa shape index (κ3) is 6.66. The highest BCUT2D eigenvalue weighted by Gasteiger charge is 2.00. The molecule has 1 rings (SSSR count). The lowest BCUT2D eigenvalue weighted by Gasteiger charge is -2.17. The maximum Gasteiger partial charge on any atom is 0.0888 e. The molecule has 0 atom stereocenters. The van der Waals surface area contributed by atoms with Crippen LogP contribution in [0.15, 0.2) is 18.2 Å². The summed E-state index contributed by atoms with van der Waals surface area (Å²) < 4.78 is 5.69. The van der Waals surface area contributed by atoms with Gasteiger partial charge in [-0.25, -0.2) is 0 Å². The molecule has 4 heteroatoms. The molecule has 0 bridgehead atoms. The van der Waals surface area contributed by atoms with Crippen LogP contribution in [0.4, 0.5) is 0 Å². The number of pyridine rings is 1. The SMILES string of the molecule is CCNCc1cccc(COCCN(CC)CC)n1. The molecule has 0 saturated carbocycles. The normalized spacial score (nSPS) is 11.2. The molecule has 0 spiro atoms. The van der Waals surface area contributed by atoms with Gasteiger partial charge in [-0.3, -0.25) is 4.98 Å². The lowest BCUT2D eigenvalue weighted by atomic mass is 10.3. The highest BCUT2D eigenvalue weighted by atomic mass is 16.5. The molecular formula is C15H27N3O. The van der Waals surface area contributed by atoms with E-state index in [1.165, 1.54) is 0 Å². The van der Waals surface area contributed by atoms with Crippen molar-refractivity contribution in [2.75, 3.05) is 32.8 Å². The number of nitrogens with zero attached hydrogens (tertiary/aromatic N) is 2. The molecule has 0 radical (unpaired) electrons. The number of hydrogen-bond acceptors (Lipinski definition) is 4. The van der Waals surface area contributed by atoms with E-state index in [0.29, 0.717) is 6.61 Å². The van der Waals surface area contributed by atoms with Gasteiger partial charge in [-0.1, -0.05) is 26.8 Å². The van der Waals surface area contributed by atoms with E-state index in [-0.39, 0.29) is 0 Å². The summed E-state index contributed by atoms with van der Waals surface area (Å²) >= 11 is 0. The Hall–Kier alpha value is -0.970. The van der Waals surface area contributed by atoms with E-state index in [2.05, 4.69) is 36.0 Å². The zero-order chi connectivity index (χ0) is 13.9. The van der Waals surface area contributed by atoms with E-state index in [9.17, 15) is 0 Å². The number of rotatable bonds is 10. The summed E-state index contributed by atoms with van der Waals surface area (Å²) in [5.41, 5.74) is 2.08. The smallest absolute Gasteiger partial charge is 0.0888 e. The summed E-state index contributed by atoms with van der Waals surface area (Å²) in [6.45, 7) is 12.7. The minimum absolute atomic E-state index is 0.598. The van der Waals surface area contributed by atoms with E-state index in [1.807, 2.05) is 18.2 Å². The van der Waals surface area contributed by atoms with Crippen molar-refractivity contribution in [2.24, 2.45) is 0 Å². The highest BCUT2D eigenvalue weighted by molar-refractivity contribution is 5.10. The second-order valence-electron chi connectivity index (χ2n) is 4.48. The second-order valence-corrected chi connectivity index (χ2v) is 4.48.